The van der Waals surface area contributed by atoms with E-state index in [1.165, 1.54) is 0 Å². The molecule has 5 unspecified atom stereocenters. The van der Waals surface area contributed by atoms with E-state index in [4.69, 9.17) is 19.7 Å². The predicted octanol–water partition coefficient (Wildman–Crippen LogP) is 4.54. The first-order valence-electron chi connectivity index (χ1n) is 9.32. The van der Waals surface area contributed by atoms with Gasteiger partial charge >= 0.3 is 0 Å². The Labute approximate surface area is 145 Å². The molecule has 0 spiro atoms. The maximum absolute atomic E-state index is 8.97. The SMILES string of the molecule is CCC1O[C@@H](O[C@@H]2C(C)OC(C)C(C)[C@H]2C)C(N=[N+]=[N-])[C@@H](C)[C@@H]1C. The molecule has 0 aromatic rings. The van der Waals surface area contributed by atoms with E-state index in [1.54, 1.807) is 0 Å². The van der Waals surface area contributed by atoms with Crippen molar-refractivity contribution in [3.05, 3.63) is 10.4 Å². The molecule has 0 aromatic heterocycles. The number of hydrogen-bond donors (Lipinski definition) is 0. The first kappa shape index (κ1) is 19.5. The summed E-state index contributed by atoms with van der Waals surface area (Å²) in [6.45, 7) is 15.0. The second-order valence-electron chi connectivity index (χ2n) is 7.73. The van der Waals surface area contributed by atoms with Gasteiger partial charge in [0.05, 0.1) is 30.5 Å². The molecule has 6 nitrogen and oxygen atoms in total. The third-order valence-corrected chi connectivity index (χ3v) is 6.40. The van der Waals surface area contributed by atoms with Gasteiger partial charge in [-0.1, -0.05) is 39.7 Å². The Morgan fingerprint density at radius 3 is 2.17 bits per heavy atom. The highest BCUT2D eigenvalue weighted by atomic mass is 16.7. The Kier molecular flexibility index (Phi) is 6.54. The van der Waals surface area contributed by atoms with Crippen LogP contribution in [0.15, 0.2) is 5.11 Å². The summed E-state index contributed by atoms with van der Waals surface area (Å²) in [6, 6.07) is -0.304. The fourth-order valence-corrected chi connectivity index (χ4v) is 4.16. The molecular formula is C18H33N3O3. The normalized spacial score (nSPS) is 49.5. The van der Waals surface area contributed by atoms with Crippen molar-refractivity contribution in [3.8, 4) is 0 Å². The highest BCUT2D eigenvalue weighted by Crippen LogP contribution is 2.38. The first-order chi connectivity index (χ1) is 11.3. The zero-order chi connectivity index (χ0) is 18.0. The quantitative estimate of drug-likeness (QED) is 0.429. The van der Waals surface area contributed by atoms with Gasteiger partial charge in [0, 0.05) is 4.91 Å². The lowest BCUT2D eigenvalue weighted by atomic mass is 9.80. The van der Waals surface area contributed by atoms with Gasteiger partial charge in [-0.05, 0) is 49.5 Å². The van der Waals surface area contributed by atoms with Crippen molar-refractivity contribution in [1.29, 1.82) is 0 Å². The van der Waals surface area contributed by atoms with Crippen LogP contribution in [0.5, 0.6) is 0 Å². The van der Waals surface area contributed by atoms with Crippen LogP contribution in [-0.4, -0.2) is 36.7 Å². The summed E-state index contributed by atoms with van der Waals surface area (Å²) in [4.78, 5) is 3.04. The molecule has 0 N–H and O–H groups in total. The van der Waals surface area contributed by atoms with Crippen molar-refractivity contribution < 1.29 is 14.2 Å². The summed E-state index contributed by atoms with van der Waals surface area (Å²) in [5, 5.41) is 4.00. The molecule has 0 amide bonds. The van der Waals surface area contributed by atoms with E-state index in [0.717, 1.165) is 6.42 Å². The monoisotopic (exact) mass is 339 g/mol. The van der Waals surface area contributed by atoms with Crippen LogP contribution in [0.1, 0.15) is 54.9 Å². The van der Waals surface area contributed by atoms with Crippen LogP contribution in [-0.2, 0) is 14.2 Å². The van der Waals surface area contributed by atoms with Crippen molar-refractivity contribution in [2.24, 2.45) is 28.8 Å². The van der Waals surface area contributed by atoms with Gasteiger partial charge in [0.2, 0.25) is 0 Å². The van der Waals surface area contributed by atoms with Crippen molar-refractivity contribution in [1.82, 2.24) is 0 Å². The van der Waals surface area contributed by atoms with Gasteiger partial charge in [0.25, 0.3) is 0 Å². The highest BCUT2D eigenvalue weighted by Gasteiger charge is 2.45. The van der Waals surface area contributed by atoms with Crippen LogP contribution in [0.4, 0.5) is 0 Å². The molecule has 0 aromatic carbocycles. The van der Waals surface area contributed by atoms with Gasteiger partial charge in [-0.3, -0.25) is 0 Å². The Bertz CT molecular complexity index is 468. The van der Waals surface area contributed by atoms with Gasteiger partial charge in [0.15, 0.2) is 6.29 Å². The molecule has 2 heterocycles. The fraction of sp³-hybridized carbons (Fsp3) is 1.00. The van der Waals surface area contributed by atoms with Gasteiger partial charge in [-0.2, -0.15) is 0 Å². The summed E-state index contributed by atoms with van der Waals surface area (Å²) in [6.07, 6.45) is 0.704. The number of nitrogens with zero attached hydrogens (tertiary/aromatic N) is 3. The van der Waals surface area contributed by atoms with Crippen molar-refractivity contribution in [2.45, 2.75) is 91.6 Å². The molecule has 0 aliphatic carbocycles. The molecule has 10 atom stereocenters. The third-order valence-electron chi connectivity index (χ3n) is 6.40. The maximum atomic E-state index is 8.97. The lowest BCUT2D eigenvalue weighted by molar-refractivity contribution is -0.285. The van der Waals surface area contributed by atoms with Crippen molar-refractivity contribution in [2.75, 3.05) is 0 Å². The lowest BCUT2D eigenvalue weighted by Gasteiger charge is -2.48. The molecule has 2 aliphatic heterocycles. The van der Waals surface area contributed by atoms with Crippen LogP contribution >= 0.6 is 0 Å². The summed E-state index contributed by atoms with van der Waals surface area (Å²) < 4.78 is 18.6. The predicted molar refractivity (Wildman–Crippen MR) is 93.4 cm³/mol. The minimum Gasteiger partial charge on any atom is -0.373 e. The molecule has 0 bridgehead atoms. The second-order valence-corrected chi connectivity index (χ2v) is 7.73. The molecular weight excluding hydrogens is 306 g/mol. The average molecular weight is 339 g/mol. The second kappa shape index (κ2) is 8.05. The average Bonchev–Trinajstić information content (AvgIpc) is 2.55. The van der Waals surface area contributed by atoms with Crippen LogP contribution in [0.3, 0.4) is 0 Å². The Morgan fingerprint density at radius 2 is 1.58 bits per heavy atom. The molecule has 138 valence electrons. The molecule has 0 saturated carbocycles. The molecule has 2 aliphatic rings. The highest BCUT2D eigenvalue weighted by molar-refractivity contribution is 4.92. The molecule has 2 fully saturated rings. The zero-order valence-corrected chi connectivity index (χ0v) is 16.0. The van der Waals surface area contributed by atoms with Gasteiger partial charge in [0.1, 0.15) is 0 Å². The third kappa shape index (κ3) is 3.72. The lowest BCUT2D eigenvalue weighted by Crippen LogP contribution is -2.55. The summed E-state index contributed by atoms with van der Waals surface area (Å²) in [7, 11) is 0. The van der Waals surface area contributed by atoms with Gasteiger partial charge in [-0.25, -0.2) is 0 Å². The summed E-state index contributed by atoms with van der Waals surface area (Å²) in [5.74, 6) is 1.32. The molecule has 24 heavy (non-hydrogen) atoms. The van der Waals surface area contributed by atoms with Crippen molar-refractivity contribution in [3.63, 3.8) is 0 Å². The van der Waals surface area contributed by atoms with E-state index in [1.807, 2.05) is 0 Å². The zero-order valence-electron chi connectivity index (χ0n) is 16.0. The van der Waals surface area contributed by atoms with Crippen molar-refractivity contribution >= 4 is 0 Å². The van der Waals surface area contributed by atoms with Gasteiger partial charge < -0.3 is 14.2 Å². The minimum absolute atomic E-state index is 0.00347. The largest absolute Gasteiger partial charge is 0.373 e. The molecule has 2 rings (SSSR count). The van der Waals surface area contributed by atoms with Crippen LogP contribution in [0, 0.1) is 23.7 Å². The number of hydrogen-bond acceptors (Lipinski definition) is 4. The number of rotatable bonds is 4. The molecule has 0 radical (unpaired) electrons. The molecule has 6 heteroatoms. The van der Waals surface area contributed by atoms with E-state index in [2.05, 4.69) is 58.5 Å². The maximum Gasteiger partial charge on any atom is 0.167 e. The van der Waals surface area contributed by atoms with E-state index in [0.29, 0.717) is 17.8 Å². The van der Waals surface area contributed by atoms with E-state index >= 15 is 0 Å². The van der Waals surface area contributed by atoms with Crippen LogP contribution in [0.25, 0.3) is 10.4 Å². The Balaban J connectivity index is 2.19. The summed E-state index contributed by atoms with van der Waals surface area (Å²) >= 11 is 0. The Morgan fingerprint density at radius 1 is 0.917 bits per heavy atom. The van der Waals surface area contributed by atoms with E-state index in [-0.39, 0.29) is 36.4 Å². The van der Waals surface area contributed by atoms with Crippen LogP contribution < -0.4 is 0 Å². The van der Waals surface area contributed by atoms with E-state index < -0.39 is 6.29 Å². The Hall–Kier alpha value is -0.810. The number of azide groups is 1. The standard InChI is InChI=1S/C18H33N3O3/c1-8-15-10(3)11(4)16(20-21-19)18(23-15)24-17-12(5)9(2)13(6)22-14(17)7/h9-18H,8H2,1-7H3/t9?,10-,11-,12+,13?,14?,15?,16?,17-,18-/m0/s1. The topological polar surface area (TPSA) is 76.5 Å². The number of ether oxygens (including phenoxy) is 3. The molecule has 2 saturated heterocycles. The smallest absolute Gasteiger partial charge is 0.167 e. The van der Waals surface area contributed by atoms with Gasteiger partial charge in [-0.15, -0.1) is 0 Å². The first-order valence-corrected chi connectivity index (χ1v) is 9.32. The van der Waals surface area contributed by atoms with E-state index in [9.17, 15) is 0 Å². The van der Waals surface area contributed by atoms with Crippen LogP contribution in [0.2, 0.25) is 0 Å². The summed E-state index contributed by atoms with van der Waals surface area (Å²) in [5.41, 5.74) is 8.97. The fourth-order valence-electron chi connectivity index (χ4n) is 4.16. The minimum atomic E-state index is -0.504.